The number of fused-ring (bicyclic) bond motifs is 1. The molecule has 0 N–H and O–H groups in total. The summed E-state index contributed by atoms with van der Waals surface area (Å²) in [6, 6.07) is 4.07. The Hall–Kier alpha value is -1.53. The lowest BCUT2D eigenvalue weighted by Gasteiger charge is -2.22. The van der Waals surface area contributed by atoms with Crippen LogP contribution in [0.25, 0.3) is 0 Å². The highest BCUT2D eigenvalue weighted by molar-refractivity contribution is 9.10. The predicted molar refractivity (Wildman–Crippen MR) is 102 cm³/mol. The summed E-state index contributed by atoms with van der Waals surface area (Å²) in [4.78, 5) is 19.4. The molecule has 2 aromatic rings. The molecular weight excluding hydrogens is 406 g/mol. The van der Waals surface area contributed by atoms with Crippen LogP contribution in [0.1, 0.15) is 31.4 Å². The van der Waals surface area contributed by atoms with Gasteiger partial charge in [0.15, 0.2) is 0 Å². The van der Waals surface area contributed by atoms with E-state index in [-0.39, 0.29) is 11.6 Å². The summed E-state index contributed by atoms with van der Waals surface area (Å²) >= 11 is 9.86. The lowest BCUT2D eigenvalue weighted by molar-refractivity contribution is 0.414. The van der Waals surface area contributed by atoms with Crippen molar-refractivity contribution in [3.8, 4) is 5.75 Å². The average molecular weight is 425 g/mol. The van der Waals surface area contributed by atoms with Crippen molar-refractivity contribution in [1.29, 1.82) is 0 Å². The molecule has 1 fully saturated rings. The summed E-state index contributed by atoms with van der Waals surface area (Å²) in [5.41, 5.74) is 2.02. The molecule has 2 aliphatic rings. The Morgan fingerprint density at radius 1 is 1.40 bits per heavy atom. The largest absolute Gasteiger partial charge is 0.497 e. The van der Waals surface area contributed by atoms with E-state index in [4.69, 9.17) is 16.3 Å². The molecule has 0 bridgehead atoms. The number of methoxy groups -OCH3 is 1. The van der Waals surface area contributed by atoms with Crippen molar-refractivity contribution in [1.82, 2.24) is 9.55 Å². The Morgan fingerprint density at radius 2 is 2.16 bits per heavy atom. The van der Waals surface area contributed by atoms with Gasteiger partial charge in [-0.15, -0.1) is 0 Å². The van der Waals surface area contributed by atoms with E-state index in [1.165, 1.54) is 12.8 Å². The van der Waals surface area contributed by atoms with Crippen LogP contribution in [-0.2, 0) is 6.42 Å². The van der Waals surface area contributed by atoms with Gasteiger partial charge in [-0.1, -0.05) is 11.6 Å². The third-order valence-electron chi connectivity index (χ3n) is 5.11. The van der Waals surface area contributed by atoms with Crippen molar-refractivity contribution in [3.05, 3.63) is 43.9 Å². The van der Waals surface area contributed by atoms with Crippen LogP contribution in [0.4, 0.5) is 11.5 Å². The van der Waals surface area contributed by atoms with Gasteiger partial charge in [0.25, 0.3) is 5.56 Å². The number of rotatable bonds is 4. The highest BCUT2D eigenvalue weighted by Crippen LogP contribution is 2.42. The summed E-state index contributed by atoms with van der Waals surface area (Å²) in [5, 5.41) is 0.347. The number of aromatic nitrogens is 2. The van der Waals surface area contributed by atoms with Crippen LogP contribution in [0.15, 0.2) is 27.6 Å². The Bertz CT molecular complexity index is 895. The second-order valence-electron chi connectivity index (χ2n) is 6.70. The van der Waals surface area contributed by atoms with Gasteiger partial charge in [0.2, 0.25) is 5.82 Å². The Kier molecular flexibility index (Phi) is 4.28. The lowest BCUT2D eigenvalue weighted by atomic mass is 10.1. The van der Waals surface area contributed by atoms with Gasteiger partial charge in [0.05, 0.1) is 12.8 Å². The van der Waals surface area contributed by atoms with Crippen molar-refractivity contribution in [2.24, 2.45) is 5.92 Å². The minimum Gasteiger partial charge on any atom is -0.497 e. The fourth-order valence-electron chi connectivity index (χ4n) is 3.55. The van der Waals surface area contributed by atoms with E-state index in [1.54, 1.807) is 17.9 Å². The van der Waals surface area contributed by atoms with Crippen molar-refractivity contribution in [3.63, 3.8) is 0 Å². The topological polar surface area (TPSA) is 47.4 Å². The fraction of sp³-hybridized carbons (Fsp3) is 0.444. The first-order chi connectivity index (χ1) is 12.0. The molecule has 1 aliphatic carbocycles. The highest BCUT2D eigenvalue weighted by Gasteiger charge is 2.32. The first-order valence-electron chi connectivity index (χ1n) is 8.42. The Balaban J connectivity index is 1.81. The van der Waals surface area contributed by atoms with Gasteiger partial charge in [-0.2, -0.15) is 0 Å². The van der Waals surface area contributed by atoms with E-state index in [9.17, 15) is 4.79 Å². The molecule has 1 saturated carbocycles. The number of nitrogens with zero attached hydrogens (tertiary/aromatic N) is 3. The molecule has 25 heavy (non-hydrogen) atoms. The van der Waals surface area contributed by atoms with Crippen molar-refractivity contribution >= 4 is 39.0 Å². The monoisotopic (exact) mass is 423 g/mol. The van der Waals surface area contributed by atoms with Gasteiger partial charge < -0.3 is 14.2 Å². The summed E-state index contributed by atoms with van der Waals surface area (Å²) in [6.45, 7) is 2.78. The number of hydrogen-bond acceptors (Lipinski definition) is 4. The first-order valence-corrected chi connectivity index (χ1v) is 9.59. The molecule has 0 radical (unpaired) electrons. The van der Waals surface area contributed by atoms with E-state index in [2.05, 4.69) is 27.8 Å². The van der Waals surface area contributed by atoms with E-state index >= 15 is 0 Å². The first kappa shape index (κ1) is 16.9. The van der Waals surface area contributed by atoms with Crippen molar-refractivity contribution in [2.75, 3.05) is 18.6 Å². The highest BCUT2D eigenvalue weighted by atomic mass is 79.9. The molecule has 1 aromatic carbocycles. The van der Waals surface area contributed by atoms with Crippen LogP contribution in [0.3, 0.4) is 0 Å². The molecule has 0 unspecified atom stereocenters. The van der Waals surface area contributed by atoms with Gasteiger partial charge in [-0.05, 0) is 65.7 Å². The summed E-state index contributed by atoms with van der Waals surface area (Å²) < 4.78 is 7.98. The SMILES string of the molecule is COc1cc(Br)c2c(c1)CCN2c1nc(Cl)cn([C@H](C)C2CC2)c1=O. The van der Waals surface area contributed by atoms with E-state index in [0.29, 0.717) is 23.4 Å². The molecule has 1 aromatic heterocycles. The van der Waals surface area contributed by atoms with Gasteiger partial charge in [0.1, 0.15) is 10.9 Å². The standard InChI is InChI=1S/C18H19BrClN3O2/c1-10(11-3-4-11)23-9-15(20)21-17(18(23)24)22-6-5-12-7-13(25-2)8-14(19)16(12)22/h7-11H,3-6H2,1-2H3/t10-/m1/s1. The summed E-state index contributed by atoms with van der Waals surface area (Å²) in [5.74, 6) is 1.75. The van der Waals surface area contributed by atoms with Crippen molar-refractivity contribution in [2.45, 2.75) is 32.2 Å². The number of benzene rings is 1. The van der Waals surface area contributed by atoms with Gasteiger partial charge in [-0.3, -0.25) is 4.79 Å². The predicted octanol–water partition coefficient (Wildman–Crippen LogP) is 4.33. The molecule has 4 rings (SSSR count). The molecule has 1 atom stereocenters. The summed E-state index contributed by atoms with van der Waals surface area (Å²) in [6.07, 6.45) is 4.83. The van der Waals surface area contributed by atoms with Crippen molar-refractivity contribution < 1.29 is 4.74 Å². The molecule has 2 heterocycles. The van der Waals surface area contributed by atoms with Crippen LogP contribution < -0.4 is 15.2 Å². The molecular formula is C18H19BrClN3O2. The van der Waals surface area contributed by atoms with E-state index < -0.39 is 0 Å². The molecule has 7 heteroatoms. The molecule has 132 valence electrons. The number of anilines is 2. The molecule has 1 aliphatic heterocycles. The summed E-state index contributed by atoms with van der Waals surface area (Å²) in [7, 11) is 1.65. The zero-order chi connectivity index (χ0) is 17.7. The third-order valence-corrected chi connectivity index (χ3v) is 5.90. The zero-order valence-electron chi connectivity index (χ0n) is 14.1. The fourth-order valence-corrected chi connectivity index (χ4v) is 4.43. The molecule has 0 spiro atoms. The maximum absolute atomic E-state index is 13.1. The van der Waals surface area contributed by atoms with E-state index in [1.807, 2.05) is 17.0 Å². The molecule has 5 nitrogen and oxygen atoms in total. The zero-order valence-corrected chi connectivity index (χ0v) is 16.5. The van der Waals surface area contributed by atoms with Gasteiger partial charge >= 0.3 is 0 Å². The number of ether oxygens (including phenoxy) is 1. The Morgan fingerprint density at radius 3 is 2.84 bits per heavy atom. The van der Waals surface area contributed by atoms with Gasteiger partial charge in [-0.25, -0.2) is 4.98 Å². The number of hydrogen-bond donors (Lipinski definition) is 0. The second kappa shape index (κ2) is 6.32. The van der Waals surface area contributed by atoms with Gasteiger partial charge in [0, 0.05) is 23.3 Å². The molecule has 0 saturated heterocycles. The maximum atomic E-state index is 13.1. The Labute approximate surface area is 159 Å². The third kappa shape index (κ3) is 2.95. The second-order valence-corrected chi connectivity index (χ2v) is 7.94. The minimum absolute atomic E-state index is 0.0839. The molecule has 0 amide bonds. The smallest absolute Gasteiger partial charge is 0.294 e. The van der Waals surface area contributed by atoms with Crippen LogP contribution in [0, 0.1) is 5.92 Å². The quantitative estimate of drug-likeness (QED) is 0.733. The van der Waals surface area contributed by atoms with Crippen LogP contribution in [0.5, 0.6) is 5.75 Å². The lowest BCUT2D eigenvalue weighted by Crippen LogP contribution is -2.31. The maximum Gasteiger partial charge on any atom is 0.294 e. The van der Waals surface area contributed by atoms with E-state index in [0.717, 1.165) is 27.9 Å². The normalized spacial score (nSPS) is 17.5. The van der Waals surface area contributed by atoms with Crippen LogP contribution in [-0.4, -0.2) is 23.2 Å². The van der Waals surface area contributed by atoms with Crippen LogP contribution >= 0.6 is 27.5 Å². The van der Waals surface area contributed by atoms with Crippen LogP contribution in [0.2, 0.25) is 5.15 Å². The number of halogens is 2. The minimum atomic E-state index is -0.0839. The average Bonchev–Trinajstić information content (AvgIpc) is 3.35.